The third kappa shape index (κ3) is 5.25. The van der Waals surface area contributed by atoms with Crippen LogP contribution in [0.15, 0.2) is 47.1 Å². The van der Waals surface area contributed by atoms with Crippen molar-refractivity contribution in [2.75, 3.05) is 13.7 Å². The van der Waals surface area contributed by atoms with Gasteiger partial charge in [0.2, 0.25) is 0 Å². The molecule has 114 valence electrons. The molecule has 0 spiro atoms. The Bertz CT molecular complexity index is 543. The molecule has 2 rings (SSSR count). The molecule has 1 heterocycles. The summed E-state index contributed by atoms with van der Waals surface area (Å²) in [5.41, 5.74) is 0.385. The smallest absolute Gasteiger partial charge is 0.119 e. The number of hydrogen-bond acceptors (Lipinski definition) is 4. The van der Waals surface area contributed by atoms with Gasteiger partial charge >= 0.3 is 0 Å². The Morgan fingerprint density at radius 3 is 2.62 bits per heavy atom. The monoisotopic (exact) mass is 289 g/mol. The number of ether oxygens (including phenoxy) is 1. The Morgan fingerprint density at radius 1 is 1.19 bits per heavy atom. The lowest BCUT2D eigenvalue weighted by Gasteiger charge is -2.28. The molecule has 21 heavy (non-hydrogen) atoms. The maximum Gasteiger partial charge on any atom is 0.119 e. The number of rotatable bonds is 7. The van der Waals surface area contributed by atoms with E-state index in [0.717, 1.165) is 23.6 Å². The number of hydrogen-bond donors (Lipinski definition) is 1. The maximum absolute atomic E-state index is 10.1. The predicted octanol–water partition coefficient (Wildman–Crippen LogP) is 3.06. The Morgan fingerprint density at radius 2 is 2.00 bits per heavy atom. The lowest BCUT2D eigenvalue weighted by Crippen LogP contribution is -2.37. The molecule has 1 aromatic carbocycles. The minimum atomic E-state index is -0.758. The zero-order valence-electron chi connectivity index (χ0n) is 12.9. The molecule has 0 amide bonds. The van der Waals surface area contributed by atoms with Crippen molar-refractivity contribution in [3.63, 3.8) is 0 Å². The van der Waals surface area contributed by atoms with E-state index in [4.69, 9.17) is 9.15 Å². The van der Waals surface area contributed by atoms with E-state index in [1.807, 2.05) is 44.2 Å². The Hall–Kier alpha value is -1.78. The van der Waals surface area contributed by atoms with Crippen LogP contribution in [-0.4, -0.2) is 29.3 Å². The summed E-state index contributed by atoms with van der Waals surface area (Å²) in [6.07, 6.45) is 1.67. The van der Waals surface area contributed by atoms with E-state index in [1.54, 1.807) is 13.4 Å². The molecular formula is C17H23NO3. The zero-order chi connectivity index (χ0) is 15.3. The summed E-state index contributed by atoms with van der Waals surface area (Å²) < 4.78 is 10.7. The maximum atomic E-state index is 10.1. The second-order valence-electron chi connectivity index (χ2n) is 5.89. The molecular weight excluding hydrogens is 266 g/mol. The van der Waals surface area contributed by atoms with Gasteiger partial charge in [-0.2, -0.15) is 0 Å². The first-order valence-corrected chi connectivity index (χ1v) is 7.06. The molecule has 2 aromatic rings. The largest absolute Gasteiger partial charge is 0.497 e. The second kappa shape index (κ2) is 6.78. The summed E-state index contributed by atoms with van der Waals surface area (Å²) in [5, 5.41) is 10.1. The van der Waals surface area contributed by atoms with Gasteiger partial charge in [0.1, 0.15) is 11.5 Å². The van der Waals surface area contributed by atoms with Gasteiger partial charge in [0.05, 0.1) is 25.5 Å². The van der Waals surface area contributed by atoms with E-state index in [-0.39, 0.29) is 0 Å². The van der Waals surface area contributed by atoms with E-state index < -0.39 is 5.60 Å². The molecule has 4 heteroatoms. The molecule has 1 N–H and O–H groups in total. The average molecular weight is 289 g/mol. The topological polar surface area (TPSA) is 45.8 Å². The van der Waals surface area contributed by atoms with Crippen LogP contribution in [0.4, 0.5) is 0 Å². The first kappa shape index (κ1) is 15.6. The van der Waals surface area contributed by atoms with Crippen molar-refractivity contribution in [1.82, 2.24) is 4.90 Å². The summed E-state index contributed by atoms with van der Waals surface area (Å²) in [6, 6.07) is 11.8. The van der Waals surface area contributed by atoms with Gasteiger partial charge in [-0.15, -0.1) is 0 Å². The van der Waals surface area contributed by atoms with Crippen LogP contribution in [0.2, 0.25) is 0 Å². The summed E-state index contributed by atoms with van der Waals surface area (Å²) in [4.78, 5) is 2.16. The molecule has 0 fully saturated rings. The Kier molecular flexibility index (Phi) is 5.04. The summed E-state index contributed by atoms with van der Waals surface area (Å²) in [5.74, 6) is 1.73. The standard InChI is InChI=1S/C17H23NO3/c1-17(2,19)13-18(12-16-8-5-9-21-16)11-14-6-4-7-15(10-14)20-3/h4-10,19H,11-13H2,1-3H3. The van der Waals surface area contributed by atoms with Crippen LogP contribution in [0.5, 0.6) is 5.75 Å². The Balaban J connectivity index is 2.10. The van der Waals surface area contributed by atoms with Crippen LogP contribution in [-0.2, 0) is 13.1 Å². The highest BCUT2D eigenvalue weighted by atomic mass is 16.5. The van der Waals surface area contributed by atoms with Crippen molar-refractivity contribution in [2.45, 2.75) is 32.5 Å². The van der Waals surface area contributed by atoms with E-state index in [1.165, 1.54) is 0 Å². The SMILES string of the molecule is COc1cccc(CN(Cc2ccco2)CC(C)(C)O)c1. The molecule has 0 saturated heterocycles. The highest BCUT2D eigenvalue weighted by molar-refractivity contribution is 5.28. The fraction of sp³-hybridized carbons (Fsp3) is 0.412. The van der Waals surface area contributed by atoms with Crippen LogP contribution in [0.3, 0.4) is 0 Å². The van der Waals surface area contributed by atoms with Crippen LogP contribution in [0, 0.1) is 0 Å². The van der Waals surface area contributed by atoms with E-state index in [9.17, 15) is 5.11 Å². The summed E-state index contributed by atoms with van der Waals surface area (Å²) >= 11 is 0. The zero-order valence-corrected chi connectivity index (χ0v) is 12.9. The number of nitrogens with zero attached hydrogens (tertiary/aromatic N) is 1. The molecule has 0 aliphatic rings. The number of benzene rings is 1. The first-order chi connectivity index (χ1) is 9.96. The lowest BCUT2D eigenvalue weighted by atomic mass is 10.1. The van der Waals surface area contributed by atoms with Crippen molar-refractivity contribution in [2.24, 2.45) is 0 Å². The van der Waals surface area contributed by atoms with Gasteiger partial charge in [-0.05, 0) is 43.7 Å². The molecule has 1 aromatic heterocycles. The molecule has 0 aliphatic heterocycles. The second-order valence-corrected chi connectivity index (χ2v) is 5.89. The van der Waals surface area contributed by atoms with Gasteiger partial charge in [-0.3, -0.25) is 4.90 Å². The average Bonchev–Trinajstić information content (AvgIpc) is 2.90. The van der Waals surface area contributed by atoms with Crippen molar-refractivity contribution in [3.05, 3.63) is 54.0 Å². The first-order valence-electron chi connectivity index (χ1n) is 7.06. The third-order valence-corrected chi connectivity index (χ3v) is 3.11. The molecule has 0 bridgehead atoms. The molecule has 0 saturated carbocycles. The third-order valence-electron chi connectivity index (χ3n) is 3.11. The predicted molar refractivity (Wildman–Crippen MR) is 82.1 cm³/mol. The molecule has 4 nitrogen and oxygen atoms in total. The van der Waals surface area contributed by atoms with Crippen LogP contribution < -0.4 is 4.74 Å². The van der Waals surface area contributed by atoms with Gasteiger partial charge in [0.15, 0.2) is 0 Å². The van der Waals surface area contributed by atoms with Crippen LogP contribution >= 0.6 is 0 Å². The molecule has 0 radical (unpaired) electrons. The number of methoxy groups -OCH3 is 1. The fourth-order valence-corrected chi connectivity index (χ4v) is 2.37. The lowest BCUT2D eigenvalue weighted by molar-refractivity contribution is 0.0285. The van der Waals surface area contributed by atoms with E-state index in [0.29, 0.717) is 13.1 Å². The van der Waals surface area contributed by atoms with Gasteiger partial charge in [-0.1, -0.05) is 12.1 Å². The normalized spacial score (nSPS) is 11.9. The van der Waals surface area contributed by atoms with Gasteiger partial charge in [0.25, 0.3) is 0 Å². The molecule has 0 atom stereocenters. The van der Waals surface area contributed by atoms with E-state index in [2.05, 4.69) is 11.0 Å². The summed E-state index contributed by atoms with van der Waals surface area (Å²) in [6.45, 7) is 5.57. The highest BCUT2D eigenvalue weighted by Crippen LogP contribution is 2.18. The van der Waals surface area contributed by atoms with Crippen LogP contribution in [0.1, 0.15) is 25.2 Å². The van der Waals surface area contributed by atoms with Crippen LogP contribution in [0.25, 0.3) is 0 Å². The fourth-order valence-electron chi connectivity index (χ4n) is 2.37. The van der Waals surface area contributed by atoms with Crippen molar-refractivity contribution < 1.29 is 14.3 Å². The van der Waals surface area contributed by atoms with Gasteiger partial charge in [-0.25, -0.2) is 0 Å². The number of furan rings is 1. The van der Waals surface area contributed by atoms with Gasteiger partial charge < -0.3 is 14.3 Å². The highest BCUT2D eigenvalue weighted by Gasteiger charge is 2.19. The minimum Gasteiger partial charge on any atom is -0.497 e. The quantitative estimate of drug-likeness (QED) is 0.851. The molecule has 0 unspecified atom stereocenters. The minimum absolute atomic E-state index is 0.560. The van der Waals surface area contributed by atoms with Gasteiger partial charge in [0, 0.05) is 13.1 Å². The molecule has 0 aliphatic carbocycles. The van der Waals surface area contributed by atoms with E-state index >= 15 is 0 Å². The van der Waals surface area contributed by atoms with Crippen molar-refractivity contribution in [1.29, 1.82) is 0 Å². The summed E-state index contributed by atoms with van der Waals surface area (Å²) in [7, 11) is 1.66. The Labute approximate surface area is 126 Å². The number of aliphatic hydroxyl groups is 1. The van der Waals surface area contributed by atoms with Crippen molar-refractivity contribution in [3.8, 4) is 5.75 Å². The van der Waals surface area contributed by atoms with Crippen molar-refractivity contribution >= 4 is 0 Å².